The molecule has 1 amide bonds. The summed E-state index contributed by atoms with van der Waals surface area (Å²) in [6.45, 7) is -1.36. The minimum absolute atomic E-state index is 0.00278. The Bertz CT molecular complexity index is 1750. The summed E-state index contributed by atoms with van der Waals surface area (Å²) in [7, 11) is -4.48. The standard InChI is InChI=1S/C31H35N4O4S/c1-19(2)13-23-18-39-27-15-26(28-20(3)7-5-8-21(28)4)32-30(33-27)34-40(37,38)25-10-6-9-22(14-25)29(36)35(23)24-16-31(17-24)11-12-31/h5-10,14-15,19,23-24H,11-13,16-18H2,1-4H3/q-1/t23-/m1/s1/i3D3,4D3. The summed E-state index contributed by atoms with van der Waals surface area (Å²) in [4.78, 5) is 24.3. The molecule has 2 aliphatic carbocycles. The number of hydrogen-bond acceptors (Lipinski definition) is 6. The SMILES string of the molecule is [2H]C([2H])([2H])c1cccc(C([2H])([2H])[2H])c1-c1cc2nc(n1)[N-]S(=O)(=O)c1cccc(c1)C(=O)N(C1CC3(CC3)C1)[C@H](CC(C)C)CO2. The summed E-state index contributed by atoms with van der Waals surface area (Å²) in [5, 5.41) is 0. The third kappa shape index (κ3) is 5.07. The Balaban J connectivity index is 1.53. The molecule has 0 saturated heterocycles. The molecule has 2 fully saturated rings. The summed E-state index contributed by atoms with van der Waals surface area (Å²) in [5.74, 6) is -0.804. The van der Waals surface area contributed by atoms with Gasteiger partial charge in [0.25, 0.3) is 5.91 Å². The lowest BCUT2D eigenvalue weighted by Crippen LogP contribution is -2.55. The van der Waals surface area contributed by atoms with Gasteiger partial charge < -0.3 is 19.6 Å². The maximum atomic E-state index is 14.2. The molecule has 2 heterocycles. The molecule has 2 saturated carbocycles. The maximum absolute atomic E-state index is 14.2. The number of nitrogens with zero attached hydrogens (tertiary/aromatic N) is 4. The molecule has 210 valence electrons. The molecular formula is C31H35N4O4S-. The van der Waals surface area contributed by atoms with Crippen LogP contribution in [0, 0.1) is 25.0 Å². The topological polar surface area (TPSA) is 104 Å². The van der Waals surface area contributed by atoms with Crippen molar-refractivity contribution in [3.05, 3.63) is 69.9 Å². The third-order valence-corrected chi connectivity index (χ3v) is 9.33. The van der Waals surface area contributed by atoms with Crippen LogP contribution < -0.4 is 4.74 Å². The van der Waals surface area contributed by atoms with Gasteiger partial charge in [-0.3, -0.25) is 9.52 Å². The first-order valence-corrected chi connectivity index (χ1v) is 15.0. The average molecular weight is 566 g/mol. The van der Waals surface area contributed by atoms with Gasteiger partial charge in [-0.15, -0.1) is 0 Å². The van der Waals surface area contributed by atoms with Crippen LogP contribution in [0.1, 0.15) is 75.7 Å². The van der Waals surface area contributed by atoms with Crippen molar-refractivity contribution in [2.45, 2.75) is 76.6 Å². The van der Waals surface area contributed by atoms with Crippen LogP contribution in [-0.2, 0) is 10.0 Å². The Morgan fingerprint density at radius 1 is 1.10 bits per heavy atom. The van der Waals surface area contributed by atoms with Gasteiger partial charge in [-0.25, -0.2) is 8.42 Å². The van der Waals surface area contributed by atoms with Crippen LogP contribution in [0.15, 0.2) is 53.4 Å². The Kier molecular flexibility index (Phi) is 5.04. The van der Waals surface area contributed by atoms with E-state index in [2.05, 4.69) is 14.7 Å². The highest BCUT2D eigenvalue weighted by atomic mass is 32.2. The van der Waals surface area contributed by atoms with Gasteiger partial charge in [-0.2, -0.15) is 0 Å². The second kappa shape index (κ2) is 9.87. The number of rotatable bonds is 4. The molecule has 0 unspecified atom stereocenters. The van der Waals surface area contributed by atoms with Crippen LogP contribution in [-0.4, -0.2) is 47.9 Å². The Hall–Kier alpha value is -3.46. The number of sulfonamides is 1. The van der Waals surface area contributed by atoms with E-state index in [1.165, 1.54) is 42.5 Å². The van der Waals surface area contributed by atoms with Gasteiger partial charge in [0.1, 0.15) is 12.5 Å². The van der Waals surface area contributed by atoms with E-state index < -0.39 is 35.7 Å². The molecule has 8 nitrogen and oxygen atoms in total. The van der Waals surface area contributed by atoms with E-state index in [1.807, 2.05) is 18.7 Å². The fourth-order valence-electron chi connectivity index (χ4n) is 5.92. The van der Waals surface area contributed by atoms with Crippen molar-refractivity contribution in [3.63, 3.8) is 0 Å². The second-order valence-corrected chi connectivity index (χ2v) is 13.2. The smallest absolute Gasteiger partial charge is 0.254 e. The Labute approximate surface area is 244 Å². The summed E-state index contributed by atoms with van der Waals surface area (Å²) < 4.78 is 85.9. The first-order chi connectivity index (χ1) is 21.5. The molecule has 0 radical (unpaired) electrons. The van der Waals surface area contributed by atoms with Gasteiger partial charge >= 0.3 is 0 Å². The fourth-order valence-corrected chi connectivity index (χ4v) is 6.85. The summed E-state index contributed by atoms with van der Waals surface area (Å²) >= 11 is 0. The Morgan fingerprint density at radius 2 is 1.82 bits per heavy atom. The molecular weight excluding hydrogens is 524 g/mol. The van der Waals surface area contributed by atoms with Gasteiger partial charge in [0.05, 0.1) is 10.9 Å². The molecule has 3 aliphatic rings. The molecule has 1 spiro atoms. The number of amides is 1. The lowest BCUT2D eigenvalue weighted by molar-refractivity contribution is 0.00919. The second-order valence-electron chi connectivity index (χ2n) is 11.6. The predicted octanol–water partition coefficient (Wildman–Crippen LogP) is 6.35. The zero-order valence-corrected chi connectivity index (χ0v) is 23.2. The third-order valence-electron chi connectivity index (χ3n) is 8.07. The van der Waals surface area contributed by atoms with Gasteiger partial charge in [-0.05, 0) is 98.1 Å². The molecule has 40 heavy (non-hydrogen) atoms. The molecule has 1 atom stereocenters. The number of fused-ring (bicyclic) bond motifs is 4. The van der Waals surface area contributed by atoms with E-state index in [-0.39, 0.29) is 68.6 Å². The lowest BCUT2D eigenvalue weighted by Gasteiger charge is -2.47. The molecule has 3 aromatic rings. The maximum Gasteiger partial charge on any atom is 0.254 e. The van der Waals surface area contributed by atoms with Crippen LogP contribution in [0.5, 0.6) is 5.88 Å². The average Bonchev–Trinajstić information content (AvgIpc) is 3.75. The lowest BCUT2D eigenvalue weighted by atomic mass is 9.75. The van der Waals surface area contributed by atoms with Gasteiger partial charge in [0, 0.05) is 31.5 Å². The van der Waals surface area contributed by atoms with Crippen molar-refractivity contribution >= 4 is 21.9 Å². The predicted molar refractivity (Wildman–Crippen MR) is 153 cm³/mol. The van der Waals surface area contributed by atoms with E-state index in [9.17, 15) is 13.2 Å². The van der Waals surface area contributed by atoms with Crippen molar-refractivity contribution in [1.82, 2.24) is 14.9 Å². The zero-order valence-electron chi connectivity index (χ0n) is 28.4. The van der Waals surface area contributed by atoms with Crippen molar-refractivity contribution in [3.8, 4) is 17.1 Å². The van der Waals surface area contributed by atoms with Crippen molar-refractivity contribution in [1.29, 1.82) is 0 Å². The minimum atomic E-state index is -4.48. The quantitative estimate of drug-likeness (QED) is 0.365. The van der Waals surface area contributed by atoms with Gasteiger partial charge in [0.15, 0.2) is 0 Å². The minimum Gasteiger partial charge on any atom is -0.488 e. The van der Waals surface area contributed by atoms with E-state index in [0.717, 1.165) is 25.7 Å². The molecule has 1 aliphatic heterocycles. The number of benzene rings is 2. The molecule has 6 rings (SSSR count). The van der Waals surface area contributed by atoms with Crippen LogP contribution in [0.4, 0.5) is 5.95 Å². The van der Waals surface area contributed by atoms with Crippen LogP contribution >= 0.6 is 0 Å². The Morgan fingerprint density at radius 3 is 2.50 bits per heavy atom. The largest absolute Gasteiger partial charge is 0.488 e. The van der Waals surface area contributed by atoms with E-state index in [1.54, 1.807) is 6.07 Å². The number of aromatic nitrogens is 2. The number of ether oxygens (including phenoxy) is 1. The molecule has 0 N–H and O–H groups in total. The van der Waals surface area contributed by atoms with Crippen molar-refractivity contribution in [2.24, 2.45) is 11.3 Å². The summed E-state index contributed by atoms with van der Waals surface area (Å²) in [5.41, 5.74) is -0.425. The molecule has 1 aromatic heterocycles. The number of carbonyl (C=O) groups excluding carboxylic acids is 1. The highest BCUT2D eigenvalue weighted by Gasteiger charge is 2.56. The number of hydrogen-bond donors (Lipinski definition) is 0. The normalized spacial score (nSPS) is 24.3. The van der Waals surface area contributed by atoms with E-state index >= 15 is 0 Å². The first-order valence-electron chi connectivity index (χ1n) is 16.5. The number of carbonyl (C=O) groups is 1. The number of aryl methyl sites for hydroxylation is 2. The molecule has 2 aromatic carbocycles. The summed E-state index contributed by atoms with van der Waals surface area (Å²) in [6, 6.07) is 10.5. The van der Waals surface area contributed by atoms with Gasteiger partial charge in [0.2, 0.25) is 10.0 Å². The van der Waals surface area contributed by atoms with Crippen LogP contribution in [0.25, 0.3) is 16.0 Å². The van der Waals surface area contributed by atoms with E-state index in [4.69, 9.17) is 13.0 Å². The monoisotopic (exact) mass is 565 g/mol. The van der Waals surface area contributed by atoms with E-state index in [0.29, 0.717) is 6.42 Å². The molecule has 9 heteroatoms. The zero-order chi connectivity index (χ0) is 33.2. The first kappa shape index (κ1) is 20.4. The van der Waals surface area contributed by atoms with Gasteiger partial charge in [-0.1, -0.05) is 38.1 Å². The molecule has 4 bridgehead atoms. The van der Waals surface area contributed by atoms with Crippen molar-refractivity contribution in [2.75, 3.05) is 6.61 Å². The van der Waals surface area contributed by atoms with Crippen molar-refractivity contribution < 1.29 is 26.2 Å². The van der Waals surface area contributed by atoms with Crippen LogP contribution in [0.3, 0.4) is 0 Å². The highest BCUT2D eigenvalue weighted by Crippen LogP contribution is 2.62. The highest BCUT2D eigenvalue weighted by molar-refractivity contribution is 7.94. The van der Waals surface area contributed by atoms with Crippen LogP contribution in [0.2, 0.25) is 0 Å². The summed E-state index contributed by atoms with van der Waals surface area (Å²) in [6.07, 6.45) is 4.59. The fraction of sp³-hybridized carbons (Fsp3) is 0.452.